The van der Waals surface area contributed by atoms with E-state index in [0.29, 0.717) is 12.1 Å². The van der Waals surface area contributed by atoms with Gasteiger partial charge in [0.2, 0.25) is 11.8 Å². The third-order valence-electron chi connectivity index (χ3n) is 5.19. The number of imide groups is 1. The summed E-state index contributed by atoms with van der Waals surface area (Å²) >= 11 is 0. The molecule has 0 unspecified atom stereocenters. The number of nitrogens with zero attached hydrogens (tertiary/aromatic N) is 2. The molecule has 3 atom stereocenters. The van der Waals surface area contributed by atoms with Gasteiger partial charge in [-0.15, -0.1) is 0 Å². The summed E-state index contributed by atoms with van der Waals surface area (Å²) in [6.07, 6.45) is -0.0902. The lowest BCUT2D eigenvalue weighted by molar-refractivity contribution is -0.146. The molecule has 0 bridgehead atoms. The van der Waals surface area contributed by atoms with Gasteiger partial charge in [-0.1, -0.05) is 32.0 Å². The number of carbonyl (C=O) groups excluding carboxylic acids is 4. The second-order valence-corrected chi connectivity index (χ2v) is 7.44. The molecule has 1 aromatic rings. The molecule has 0 saturated heterocycles. The molecule has 8 heteroatoms. The van der Waals surface area contributed by atoms with Gasteiger partial charge in [0.25, 0.3) is 0 Å². The maximum absolute atomic E-state index is 13.3. The molecule has 30 heavy (non-hydrogen) atoms. The van der Waals surface area contributed by atoms with Crippen molar-refractivity contribution >= 4 is 29.6 Å². The Balaban J connectivity index is 2.15. The number of anilines is 1. The SMILES string of the molecule is CCOC(=O)[C@@H]1Cc2ccccc2N1C(=O)[C@H](C)C[C@@H](C)C(=O)N(C)C(=O)OCC. The number of carbonyl (C=O) groups is 4. The molecular formula is C22H30N2O6. The fraction of sp³-hybridized carbons (Fsp3) is 0.545. The first-order valence-electron chi connectivity index (χ1n) is 10.2. The van der Waals surface area contributed by atoms with Gasteiger partial charge >= 0.3 is 12.1 Å². The van der Waals surface area contributed by atoms with Gasteiger partial charge in [0, 0.05) is 31.0 Å². The summed E-state index contributed by atoms with van der Waals surface area (Å²) in [6.45, 7) is 7.18. The van der Waals surface area contributed by atoms with Gasteiger partial charge in [0.05, 0.1) is 13.2 Å². The molecule has 1 heterocycles. The molecule has 1 aliphatic heterocycles. The first-order chi connectivity index (χ1) is 14.2. The molecule has 0 radical (unpaired) electrons. The van der Waals surface area contributed by atoms with Gasteiger partial charge in [-0.05, 0) is 31.9 Å². The topological polar surface area (TPSA) is 93.2 Å². The van der Waals surface area contributed by atoms with E-state index < -0.39 is 35.8 Å². The molecule has 0 spiro atoms. The highest BCUT2D eigenvalue weighted by molar-refractivity contribution is 6.03. The van der Waals surface area contributed by atoms with Crippen LogP contribution in [0, 0.1) is 11.8 Å². The summed E-state index contributed by atoms with van der Waals surface area (Å²) in [6, 6.07) is 6.66. The van der Waals surface area contributed by atoms with Crippen LogP contribution in [0.25, 0.3) is 0 Å². The number of para-hydroxylation sites is 1. The minimum Gasteiger partial charge on any atom is -0.464 e. The van der Waals surface area contributed by atoms with Crippen LogP contribution in [0.1, 0.15) is 39.7 Å². The molecule has 164 valence electrons. The standard InChI is InChI=1S/C22H30N2O6/c1-6-29-21(27)18-13-16-10-8-9-11-17(16)24(18)20(26)15(4)12-14(3)19(25)23(5)22(28)30-7-2/h8-11,14-15,18H,6-7,12-13H2,1-5H3/t14-,15-,18+/m1/s1. The minimum atomic E-state index is -0.718. The zero-order chi connectivity index (χ0) is 22.4. The Morgan fingerprint density at radius 2 is 1.70 bits per heavy atom. The largest absolute Gasteiger partial charge is 0.464 e. The van der Waals surface area contributed by atoms with Gasteiger partial charge in [-0.25, -0.2) is 9.59 Å². The molecule has 0 saturated carbocycles. The quantitative estimate of drug-likeness (QED) is 0.632. The van der Waals surface area contributed by atoms with Crippen molar-refractivity contribution in [3.63, 3.8) is 0 Å². The lowest BCUT2D eigenvalue weighted by Gasteiger charge is -2.28. The predicted molar refractivity (Wildman–Crippen MR) is 111 cm³/mol. The maximum Gasteiger partial charge on any atom is 0.416 e. The summed E-state index contributed by atoms with van der Waals surface area (Å²) in [5.41, 5.74) is 1.59. The van der Waals surface area contributed by atoms with E-state index in [2.05, 4.69) is 0 Å². The third-order valence-corrected chi connectivity index (χ3v) is 5.19. The van der Waals surface area contributed by atoms with Crippen molar-refractivity contribution in [2.24, 2.45) is 11.8 Å². The third kappa shape index (κ3) is 4.98. The van der Waals surface area contributed by atoms with Crippen molar-refractivity contribution in [3.05, 3.63) is 29.8 Å². The fourth-order valence-corrected chi connectivity index (χ4v) is 3.70. The first-order valence-corrected chi connectivity index (χ1v) is 10.2. The second-order valence-electron chi connectivity index (χ2n) is 7.44. The van der Waals surface area contributed by atoms with E-state index in [1.165, 1.54) is 11.9 Å². The summed E-state index contributed by atoms with van der Waals surface area (Å²) in [4.78, 5) is 52.5. The molecule has 0 aliphatic carbocycles. The van der Waals surface area contributed by atoms with Crippen LogP contribution in [0.3, 0.4) is 0 Å². The Morgan fingerprint density at radius 3 is 2.33 bits per heavy atom. The van der Waals surface area contributed by atoms with E-state index in [1.54, 1.807) is 27.7 Å². The number of amides is 3. The van der Waals surface area contributed by atoms with Crippen molar-refractivity contribution < 1.29 is 28.7 Å². The van der Waals surface area contributed by atoms with E-state index >= 15 is 0 Å². The average molecular weight is 418 g/mol. The van der Waals surface area contributed by atoms with E-state index in [0.717, 1.165) is 10.5 Å². The summed E-state index contributed by atoms with van der Waals surface area (Å²) in [5.74, 6) is -2.23. The van der Waals surface area contributed by atoms with Crippen molar-refractivity contribution in [3.8, 4) is 0 Å². The molecule has 1 aromatic carbocycles. The van der Waals surface area contributed by atoms with E-state index in [4.69, 9.17) is 9.47 Å². The molecule has 1 aliphatic rings. The Bertz CT molecular complexity index is 809. The van der Waals surface area contributed by atoms with Crippen LogP contribution in [0.2, 0.25) is 0 Å². The highest BCUT2D eigenvalue weighted by atomic mass is 16.6. The van der Waals surface area contributed by atoms with Gasteiger partial charge in [-0.2, -0.15) is 0 Å². The lowest BCUT2D eigenvalue weighted by Crippen LogP contribution is -2.46. The first kappa shape index (κ1) is 23.4. The molecular weight excluding hydrogens is 388 g/mol. The zero-order valence-corrected chi connectivity index (χ0v) is 18.2. The van der Waals surface area contributed by atoms with Crippen molar-refractivity contribution in [1.29, 1.82) is 0 Å². The van der Waals surface area contributed by atoms with Crippen LogP contribution in [0.4, 0.5) is 10.5 Å². The Kier molecular flexibility index (Phi) is 7.97. The highest BCUT2D eigenvalue weighted by Crippen LogP contribution is 2.34. The number of rotatable bonds is 7. The predicted octanol–water partition coefficient (Wildman–Crippen LogP) is 2.78. The van der Waals surface area contributed by atoms with Crippen molar-refractivity contribution in [2.75, 3.05) is 25.2 Å². The maximum atomic E-state index is 13.3. The molecule has 8 nitrogen and oxygen atoms in total. The van der Waals surface area contributed by atoms with E-state index in [-0.39, 0.29) is 25.5 Å². The Labute approximate surface area is 177 Å². The fourth-order valence-electron chi connectivity index (χ4n) is 3.70. The smallest absolute Gasteiger partial charge is 0.416 e. The Morgan fingerprint density at radius 1 is 1.07 bits per heavy atom. The number of ether oxygens (including phenoxy) is 2. The molecule has 0 fully saturated rings. The number of fused-ring (bicyclic) bond motifs is 1. The van der Waals surface area contributed by atoms with Gasteiger partial charge in [0.1, 0.15) is 6.04 Å². The zero-order valence-electron chi connectivity index (χ0n) is 18.2. The van der Waals surface area contributed by atoms with Crippen LogP contribution >= 0.6 is 0 Å². The molecule has 3 amide bonds. The van der Waals surface area contributed by atoms with Crippen LogP contribution in [0.15, 0.2) is 24.3 Å². The van der Waals surface area contributed by atoms with E-state index in [9.17, 15) is 19.2 Å². The summed E-state index contributed by atoms with van der Waals surface area (Å²) in [5, 5.41) is 0. The number of esters is 1. The molecule has 2 rings (SSSR count). The summed E-state index contributed by atoms with van der Waals surface area (Å²) in [7, 11) is 1.36. The number of hydrogen-bond donors (Lipinski definition) is 0. The number of hydrogen-bond acceptors (Lipinski definition) is 6. The highest BCUT2D eigenvalue weighted by Gasteiger charge is 2.41. The van der Waals surface area contributed by atoms with Crippen molar-refractivity contribution in [2.45, 2.75) is 46.6 Å². The summed E-state index contributed by atoms with van der Waals surface area (Å²) < 4.78 is 10.0. The van der Waals surface area contributed by atoms with Gasteiger partial charge in [0.15, 0.2) is 0 Å². The van der Waals surface area contributed by atoms with Crippen LogP contribution in [0.5, 0.6) is 0 Å². The Hall–Kier alpha value is -2.90. The average Bonchev–Trinajstić information content (AvgIpc) is 3.11. The van der Waals surface area contributed by atoms with Gasteiger partial charge in [-0.3, -0.25) is 19.4 Å². The molecule has 0 aromatic heterocycles. The normalized spacial score (nSPS) is 17.0. The van der Waals surface area contributed by atoms with Crippen LogP contribution < -0.4 is 4.90 Å². The second kappa shape index (κ2) is 10.2. The van der Waals surface area contributed by atoms with Gasteiger partial charge < -0.3 is 9.47 Å². The van der Waals surface area contributed by atoms with E-state index in [1.807, 2.05) is 24.3 Å². The number of benzene rings is 1. The lowest BCUT2D eigenvalue weighted by atomic mass is 9.94. The minimum absolute atomic E-state index is 0.170. The molecule has 0 N–H and O–H groups in total. The van der Waals surface area contributed by atoms with Crippen molar-refractivity contribution in [1.82, 2.24) is 4.90 Å². The van der Waals surface area contributed by atoms with Crippen LogP contribution in [-0.4, -0.2) is 55.1 Å². The monoisotopic (exact) mass is 418 g/mol. The van der Waals surface area contributed by atoms with Crippen LogP contribution in [-0.2, 0) is 30.3 Å².